The molecule has 0 N–H and O–H groups in total. The van der Waals surface area contributed by atoms with Gasteiger partial charge in [-0.05, 0) is 25.3 Å². The van der Waals surface area contributed by atoms with Gasteiger partial charge in [-0.2, -0.15) is 5.26 Å². The van der Waals surface area contributed by atoms with Crippen LogP contribution in [0.25, 0.3) is 0 Å². The van der Waals surface area contributed by atoms with Crippen LogP contribution in [0.15, 0.2) is 30.3 Å². The van der Waals surface area contributed by atoms with Gasteiger partial charge in [-0.15, -0.1) is 0 Å². The molecule has 0 bridgehead atoms. The summed E-state index contributed by atoms with van der Waals surface area (Å²) in [6, 6.07) is 13.7. The van der Waals surface area contributed by atoms with Gasteiger partial charge < -0.3 is 4.74 Å². The van der Waals surface area contributed by atoms with Crippen molar-refractivity contribution in [2.24, 2.45) is 0 Å². The van der Waals surface area contributed by atoms with Crippen molar-refractivity contribution in [3.8, 4) is 6.07 Å². The summed E-state index contributed by atoms with van der Waals surface area (Å²) in [5.74, 6) is 0. The molecule has 22 heavy (non-hydrogen) atoms. The van der Waals surface area contributed by atoms with Gasteiger partial charge in [0.05, 0.1) is 19.3 Å². The highest BCUT2D eigenvalue weighted by molar-refractivity contribution is 5.19. The van der Waals surface area contributed by atoms with E-state index >= 15 is 0 Å². The smallest absolute Gasteiger partial charge is 0.111 e. The fourth-order valence-electron chi connectivity index (χ4n) is 3.71. The van der Waals surface area contributed by atoms with Crippen LogP contribution in [0.3, 0.4) is 0 Å². The molecule has 2 fully saturated rings. The van der Waals surface area contributed by atoms with E-state index in [4.69, 9.17) is 4.74 Å². The molecule has 0 unspecified atom stereocenters. The molecule has 1 atom stereocenters. The van der Waals surface area contributed by atoms with Crippen LogP contribution < -0.4 is 0 Å². The van der Waals surface area contributed by atoms with Crippen LogP contribution >= 0.6 is 0 Å². The second-order valence-electron chi connectivity index (χ2n) is 6.37. The molecule has 3 rings (SSSR count). The van der Waals surface area contributed by atoms with Crippen LogP contribution in [-0.2, 0) is 4.74 Å². The van der Waals surface area contributed by atoms with Gasteiger partial charge in [0.15, 0.2) is 0 Å². The minimum absolute atomic E-state index is 0.281. The van der Waals surface area contributed by atoms with E-state index in [0.717, 1.165) is 52.2 Å². The molecule has 1 aromatic carbocycles. The third-order valence-corrected chi connectivity index (χ3v) is 5.28. The normalized spacial score (nSPS) is 24.5. The second kappa shape index (κ2) is 6.78. The predicted molar refractivity (Wildman–Crippen MR) is 86.4 cm³/mol. The van der Waals surface area contributed by atoms with Crippen LogP contribution in [0, 0.1) is 11.3 Å². The van der Waals surface area contributed by atoms with Crippen molar-refractivity contribution in [3.63, 3.8) is 0 Å². The van der Waals surface area contributed by atoms with Crippen molar-refractivity contribution in [3.05, 3.63) is 35.9 Å². The van der Waals surface area contributed by atoms with Crippen molar-refractivity contribution >= 4 is 0 Å². The minimum Gasteiger partial charge on any atom is -0.379 e. The van der Waals surface area contributed by atoms with Crippen molar-refractivity contribution in [1.82, 2.24) is 9.80 Å². The number of hydrogen-bond acceptors (Lipinski definition) is 4. The predicted octanol–water partition coefficient (Wildman–Crippen LogP) is 2.44. The number of benzene rings is 1. The Morgan fingerprint density at radius 1 is 1.09 bits per heavy atom. The lowest BCUT2D eigenvalue weighted by Crippen LogP contribution is -2.57. The maximum absolute atomic E-state index is 9.78. The average molecular weight is 299 g/mol. The molecule has 0 aromatic heterocycles. The van der Waals surface area contributed by atoms with Crippen LogP contribution in [0.4, 0.5) is 0 Å². The third kappa shape index (κ3) is 3.03. The first-order chi connectivity index (χ1) is 10.7. The zero-order chi connectivity index (χ0) is 15.4. The highest BCUT2D eigenvalue weighted by Gasteiger charge is 2.41. The van der Waals surface area contributed by atoms with E-state index in [1.165, 1.54) is 5.56 Å². The van der Waals surface area contributed by atoms with E-state index in [2.05, 4.69) is 53.1 Å². The van der Waals surface area contributed by atoms with Gasteiger partial charge in [0.2, 0.25) is 0 Å². The molecule has 0 saturated carbocycles. The molecule has 4 nitrogen and oxygen atoms in total. The fraction of sp³-hybridized carbons (Fsp3) is 0.611. The molecule has 0 aliphatic carbocycles. The fourth-order valence-corrected chi connectivity index (χ4v) is 3.71. The highest BCUT2D eigenvalue weighted by atomic mass is 16.5. The SMILES string of the molecule is C[C@H](c1ccccc1)N1CCC(C#N)(N2CCOCC2)CC1. The number of nitriles is 1. The first-order valence-corrected chi connectivity index (χ1v) is 8.28. The molecular formula is C18H25N3O. The maximum Gasteiger partial charge on any atom is 0.111 e. The Balaban J connectivity index is 1.65. The Labute approximate surface area is 133 Å². The monoisotopic (exact) mass is 299 g/mol. The zero-order valence-electron chi connectivity index (χ0n) is 13.4. The van der Waals surface area contributed by atoms with Crippen LogP contribution in [-0.4, -0.2) is 54.7 Å². The lowest BCUT2D eigenvalue weighted by molar-refractivity contribution is -0.0282. The summed E-state index contributed by atoms with van der Waals surface area (Å²) in [5.41, 5.74) is 1.08. The molecule has 2 saturated heterocycles. The van der Waals surface area contributed by atoms with E-state index in [-0.39, 0.29) is 5.54 Å². The number of rotatable bonds is 3. The molecule has 118 valence electrons. The number of hydrogen-bond donors (Lipinski definition) is 0. The summed E-state index contributed by atoms with van der Waals surface area (Å²) in [4.78, 5) is 4.85. The van der Waals surface area contributed by atoms with Gasteiger partial charge >= 0.3 is 0 Å². The third-order valence-electron chi connectivity index (χ3n) is 5.28. The Morgan fingerprint density at radius 2 is 1.73 bits per heavy atom. The van der Waals surface area contributed by atoms with Gasteiger partial charge in [-0.1, -0.05) is 30.3 Å². The average Bonchev–Trinajstić information content (AvgIpc) is 2.63. The molecular weight excluding hydrogens is 274 g/mol. The first-order valence-electron chi connectivity index (χ1n) is 8.28. The van der Waals surface area contributed by atoms with Crippen LogP contribution in [0.5, 0.6) is 0 Å². The molecule has 2 heterocycles. The summed E-state index contributed by atoms with van der Waals surface area (Å²) in [6.07, 6.45) is 1.86. The molecule has 4 heteroatoms. The van der Waals surface area contributed by atoms with Crippen molar-refractivity contribution in [1.29, 1.82) is 5.26 Å². The summed E-state index contributed by atoms with van der Waals surface area (Å²) in [5, 5.41) is 9.78. The summed E-state index contributed by atoms with van der Waals surface area (Å²) in [7, 11) is 0. The van der Waals surface area contributed by atoms with Gasteiger partial charge in [0.25, 0.3) is 0 Å². The molecule has 0 radical (unpaired) electrons. The quantitative estimate of drug-likeness (QED) is 0.859. The topological polar surface area (TPSA) is 39.5 Å². The maximum atomic E-state index is 9.78. The number of piperidine rings is 1. The summed E-state index contributed by atoms with van der Waals surface area (Å²) >= 11 is 0. The lowest BCUT2D eigenvalue weighted by Gasteiger charge is -2.47. The highest BCUT2D eigenvalue weighted by Crippen LogP contribution is 2.33. The molecule has 1 aromatic rings. The zero-order valence-corrected chi connectivity index (χ0v) is 13.4. The lowest BCUT2D eigenvalue weighted by atomic mass is 9.85. The molecule has 0 spiro atoms. The second-order valence-corrected chi connectivity index (χ2v) is 6.37. The summed E-state index contributed by atoms with van der Waals surface area (Å²) < 4.78 is 5.44. The van der Waals surface area contributed by atoms with Gasteiger partial charge in [-0.3, -0.25) is 9.80 Å². The van der Waals surface area contributed by atoms with E-state index in [0.29, 0.717) is 6.04 Å². The number of nitrogens with zero attached hydrogens (tertiary/aromatic N) is 3. The van der Waals surface area contributed by atoms with E-state index < -0.39 is 0 Å². The Morgan fingerprint density at radius 3 is 2.32 bits per heavy atom. The molecule has 2 aliphatic heterocycles. The van der Waals surface area contributed by atoms with Gasteiger partial charge in [0, 0.05) is 32.2 Å². The Bertz CT molecular complexity index is 511. The van der Waals surface area contributed by atoms with Gasteiger partial charge in [0.1, 0.15) is 5.54 Å². The van der Waals surface area contributed by atoms with Crippen LogP contribution in [0.2, 0.25) is 0 Å². The van der Waals surface area contributed by atoms with Crippen molar-refractivity contribution in [2.45, 2.75) is 31.3 Å². The van der Waals surface area contributed by atoms with Crippen molar-refractivity contribution in [2.75, 3.05) is 39.4 Å². The van der Waals surface area contributed by atoms with E-state index in [1.54, 1.807) is 0 Å². The minimum atomic E-state index is -0.281. The Kier molecular flexibility index (Phi) is 4.77. The van der Waals surface area contributed by atoms with Crippen LogP contribution in [0.1, 0.15) is 31.4 Å². The number of morpholine rings is 1. The standard InChI is InChI=1S/C18H25N3O/c1-16(17-5-3-2-4-6-17)20-9-7-18(15-19,8-10-20)21-11-13-22-14-12-21/h2-6,16H,7-14H2,1H3/t16-/m1/s1. The largest absolute Gasteiger partial charge is 0.379 e. The number of ether oxygens (including phenoxy) is 1. The summed E-state index contributed by atoms with van der Waals surface area (Å²) in [6.45, 7) is 7.54. The first kappa shape index (κ1) is 15.5. The van der Waals surface area contributed by atoms with E-state index in [9.17, 15) is 5.26 Å². The number of likely N-dealkylation sites (tertiary alicyclic amines) is 1. The van der Waals surface area contributed by atoms with Crippen molar-refractivity contribution < 1.29 is 4.74 Å². The molecule has 2 aliphatic rings. The van der Waals surface area contributed by atoms with E-state index in [1.807, 2.05) is 0 Å². The van der Waals surface area contributed by atoms with Gasteiger partial charge in [-0.25, -0.2) is 0 Å². The molecule has 0 amide bonds. The Hall–Kier alpha value is -1.41.